The molecule has 0 N–H and O–H groups in total. The molecule has 2 amide bonds. The highest BCUT2D eigenvalue weighted by atomic mass is 16.5. The number of hydrogen-bond acceptors (Lipinski definition) is 4. The normalized spacial score (nSPS) is 13.2. The van der Waals surface area contributed by atoms with Gasteiger partial charge in [0, 0.05) is 0 Å². The minimum atomic E-state index is -0.510. The van der Waals surface area contributed by atoms with Crippen LogP contribution in [-0.4, -0.2) is 24.4 Å². The lowest BCUT2D eigenvalue weighted by molar-refractivity contribution is 0.0526. The zero-order valence-corrected chi connectivity index (χ0v) is 12.8. The molecule has 0 unspecified atom stereocenters. The molecular weight excluding hydrogens is 294 g/mol. The molecule has 0 saturated carbocycles. The van der Waals surface area contributed by atoms with Crippen LogP contribution in [0.3, 0.4) is 0 Å². The van der Waals surface area contributed by atoms with Crippen molar-refractivity contribution < 1.29 is 19.1 Å². The van der Waals surface area contributed by atoms with E-state index in [0.717, 1.165) is 10.5 Å². The number of rotatable bonds is 3. The van der Waals surface area contributed by atoms with Gasteiger partial charge in [-0.25, -0.2) is 9.69 Å². The van der Waals surface area contributed by atoms with Crippen molar-refractivity contribution >= 4 is 23.5 Å². The molecule has 0 aliphatic carbocycles. The van der Waals surface area contributed by atoms with E-state index in [4.69, 9.17) is 4.74 Å². The second-order valence-corrected chi connectivity index (χ2v) is 5.27. The number of ether oxygens (including phenoxy) is 1. The fourth-order valence-electron chi connectivity index (χ4n) is 2.58. The summed E-state index contributed by atoms with van der Waals surface area (Å²) in [5.74, 6) is -1.32. The van der Waals surface area contributed by atoms with Crippen LogP contribution in [0.2, 0.25) is 0 Å². The lowest BCUT2D eigenvalue weighted by Crippen LogP contribution is -2.29. The predicted octanol–water partition coefficient (Wildman–Crippen LogP) is 2.97. The van der Waals surface area contributed by atoms with Gasteiger partial charge >= 0.3 is 5.97 Å². The zero-order valence-electron chi connectivity index (χ0n) is 12.8. The van der Waals surface area contributed by atoms with E-state index in [1.807, 2.05) is 13.0 Å². The van der Waals surface area contributed by atoms with Crippen LogP contribution in [0.5, 0.6) is 0 Å². The Morgan fingerprint density at radius 2 is 1.78 bits per heavy atom. The van der Waals surface area contributed by atoms with Crippen molar-refractivity contribution in [3.63, 3.8) is 0 Å². The molecule has 0 radical (unpaired) electrons. The third-order valence-corrected chi connectivity index (χ3v) is 3.66. The maximum absolute atomic E-state index is 12.6. The molecule has 0 saturated heterocycles. The molecule has 1 aliphatic rings. The summed E-state index contributed by atoms with van der Waals surface area (Å²) in [5.41, 5.74) is 2.25. The average Bonchev–Trinajstić information content (AvgIpc) is 2.78. The van der Waals surface area contributed by atoms with Gasteiger partial charge in [0.1, 0.15) is 0 Å². The molecule has 2 aromatic rings. The first-order chi connectivity index (χ1) is 11.0. The number of esters is 1. The van der Waals surface area contributed by atoms with Crippen LogP contribution in [-0.2, 0) is 4.74 Å². The van der Waals surface area contributed by atoms with Gasteiger partial charge in [-0.2, -0.15) is 0 Å². The van der Waals surface area contributed by atoms with E-state index in [1.165, 1.54) is 18.2 Å². The molecule has 0 bridgehead atoms. The van der Waals surface area contributed by atoms with Gasteiger partial charge in [-0.05, 0) is 49.7 Å². The summed E-state index contributed by atoms with van der Waals surface area (Å²) < 4.78 is 4.93. The van der Waals surface area contributed by atoms with Crippen molar-refractivity contribution in [2.45, 2.75) is 13.8 Å². The number of nitrogens with zero attached hydrogens (tertiary/aromatic N) is 1. The Morgan fingerprint density at radius 3 is 2.48 bits per heavy atom. The molecule has 1 heterocycles. The lowest BCUT2D eigenvalue weighted by Gasteiger charge is -2.14. The number of benzene rings is 2. The minimum absolute atomic E-state index is 0.224. The number of aryl methyl sites for hydroxylation is 1. The molecule has 0 spiro atoms. The number of fused-ring (bicyclic) bond motifs is 1. The molecule has 0 atom stereocenters. The van der Waals surface area contributed by atoms with Crippen LogP contribution in [0.15, 0.2) is 42.5 Å². The SMILES string of the molecule is CCOC(=O)c1ccc2c(c1)C(=O)N(c1cccc(C)c1)C2=O. The monoisotopic (exact) mass is 309 g/mol. The molecule has 5 heteroatoms. The summed E-state index contributed by atoms with van der Waals surface area (Å²) in [5, 5.41) is 0. The van der Waals surface area contributed by atoms with Gasteiger partial charge in [0.2, 0.25) is 0 Å². The molecule has 0 fully saturated rings. The van der Waals surface area contributed by atoms with Crippen LogP contribution < -0.4 is 4.90 Å². The van der Waals surface area contributed by atoms with Gasteiger partial charge < -0.3 is 4.74 Å². The Bertz CT molecular complexity index is 826. The topological polar surface area (TPSA) is 63.7 Å². The van der Waals surface area contributed by atoms with Crippen molar-refractivity contribution in [2.75, 3.05) is 11.5 Å². The quantitative estimate of drug-likeness (QED) is 0.646. The zero-order chi connectivity index (χ0) is 16.6. The Hall–Kier alpha value is -2.95. The molecule has 0 aromatic heterocycles. The predicted molar refractivity (Wildman–Crippen MR) is 84.7 cm³/mol. The van der Waals surface area contributed by atoms with Crippen molar-refractivity contribution in [1.29, 1.82) is 0 Å². The molecule has 23 heavy (non-hydrogen) atoms. The highest BCUT2D eigenvalue weighted by molar-refractivity contribution is 6.34. The van der Waals surface area contributed by atoms with E-state index in [0.29, 0.717) is 11.3 Å². The smallest absolute Gasteiger partial charge is 0.338 e. The average molecular weight is 309 g/mol. The molecule has 1 aliphatic heterocycles. The number of carbonyl (C=O) groups excluding carboxylic acids is 3. The summed E-state index contributed by atoms with van der Waals surface area (Å²) in [6.45, 7) is 3.85. The minimum Gasteiger partial charge on any atom is -0.462 e. The fourth-order valence-corrected chi connectivity index (χ4v) is 2.58. The third kappa shape index (κ3) is 2.50. The molecular formula is C18H15NO4. The summed E-state index contributed by atoms with van der Waals surface area (Å²) in [6.07, 6.45) is 0. The van der Waals surface area contributed by atoms with Crippen LogP contribution in [0.4, 0.5) is 5.69 Å². The Morgan fingerprint density at radius 1 is 1.04 bits per heavy atom. The van der Waals surface area contributed by atoms with E-state index in [-0.39, 0.29) is 23.6 Å². The number of hydrogen-bond donors (Lipinski definition) is 0. The Balaban J connectivity index is 2.02. The largest absolute Gasteiger partial charge is 0.462 e. The first-order valence-corrected chi connectivity index (χ1v) is 7.29. The van der Waals surface area contributed by atoms with Gasteiger partial charge in [-0.3, -0.25) is 9.59 Å². The standard InChI is InChI=1S/C18H15NO4/c1-3-23-18(22)12-7-8-14-15(10-12)17(21)19(16(14)20)13-6-4-5-11(2)9-13/h4-10H,3H2,1-2H3. The maximum atomic E-state index is 12.6. The van der Waals surface area contributed by atoms with Crippen LogP contribution in [0.25, 0.3) is 0 Å². The van der Waals surface area contributed by atoms with Gasteiger partial charge in [0.25, 0.3) is 11.8 Å². The maximum Gasteiger partial charge on any atom is 0.338 e. The second kappa shape index (κ2) is 5.68. The highest BCUT2D eigenvalue weighted by Crippen LogP contribution is 2.29. The number of carbonyl (C=O) groups is 3. The summed E-state index contributed by atoms with van der Waals surface area (Å²) in [4.78, 5) is 38.0. The number of anilines is 1. The van der Waals surface area contributed by atoms with Crippen molar-refractivity contribution in [3.05, 3.63) is 64.7 Å². The summed E-state index contributed by atoms with van der Waals surface area (Å²) in [6, 6.07) is 11.6. The van der Waals surface area contributed by atoms with Crippen LogP contribution >= 0.6 is 0 Å². The first kappa shape index (κ1) is 15.0. The van der Waals surface area contributed by atoms with E-state index in [9.17, 15) is 14.4 Å². The van der Waals surface area contributed by atoms with E-state index in [2.05, 4.69) is 0 Å². The third-order valence-electron chi connectivity index (χ3n) is 3.66. The molecule has 3 rings (SSSR count). The number of amides is 2. The van der Waals surface area contributed by atoms with E-state index >= 15 is 0 Å². The van der Waals surface area contributed by atoms with E-state index < -0.39 is 11.9 Å². The Labute approximate surface area is 133 Å². The van der Waals surface area contributed by atoms with Crippen molar-refractivity contribution in [2.24, 2.45) is 0 Å². The molecule has 116 valence electrons. The van der Waals surface area contributed by atoms with Gasteiger partial charge in [-0.1, -0.05) is 12.1 Å². The second-order valence-electron chi connectivity index (χ2n) is 5.27. The first-order valence-electron chi connectivity index (χ1n) is 7.29. The lowest BCUT2D eigenvalue weighted by atomic mass is 10.1. The van der Waals surface area contributed by atoms with Crippen molar-refractivity contribution in [3.8, 4) is 0 Å². The number of imide groups is 1. The Kier molecular flexibility index (Phi) is 3.70. The highest BCUT2D eigenvalue weighted by Gasteiger charge is 2.37. The van der Waals surface area contributed by atoms with Crippen LogP contribution in [0, 0.1) is 6.92 Å². The summed E-state index contributed by atoms with van der Waals surface area (Å²) >= 11 is 0. The molecule has 2 aromatic carbocycles. The van der Waals surface area contributed by atoms with Gasteiger partial charge in [0.15, 0.2) is 0 Å². The summed E-state index contributed by atoms with van der Waals surface area (Å²) in [7, 11) is 0. The van der Waals surface area contributed by atoms with E-state index in [1.54, 1.807) is 25.1 Å². The van der Waals surface area contributed by atoms with Gasteiger partial charge in [-0.15, -0.1) is 0 Å². The fraction of sp³-hybridized carbons (Fsp3) is 0.167. The van der Waals surface area contributed by atoms with Crippen LogP contribution in [0.1, 0.15) is 43.6 Å². The van der Waals surface area contributed by atoms with Gasteiger partial charge in [0.05, 0.1) is 29.0 Å². The molecule has 5 nitrogen and oxygen atoms in total. The van der Waals surface area contributed by atoms with Crippen molar-refractivity contribution in [1.82, 2.24) is 0 Å².